The lowest BCUT2D eigenvalue weighted by Gasteiger charge is -2.53. The molecule has 30 atom stereocenters. The van der Waals surface area contributed by atoms with Gasteiger partial charge in [0.15, 0.2) is 20.4 Å². The van der Waals surface area contributed by atoms with Crippen molar-refractivity contribution in [2.45, 2.75) is 273 Å². The van der Waals surface area contributed by atoms with Gasteiger partial charge in [0.2, 0.25) is 0 Å². The number of fused-ring (bicyclic) bond motifs is 31. The van der Waals surface area contributed by atoms with Gasteiger partial charge in [0.05, 0.1) is 52.8 Å². The van der Waals surface area contributed by atoms with Gasteiger partial charge in [0.25, 0.3) is 0 Å². The summed E-state index contributed by atoms with van der Waals surface area (Å²) in [5.74, 6) is 17.5. The van der Waals surface area contributed by atoms with Crippen LogP contribution in [-0.2, 0) is 71.4 Å². The van der Waals surface area contributed by atoms with Gasteiger partial charge in [-0.05, 0) is 375 Å². The second kappa shape index (κ2) is 26.9. The predicted molar refractivity (Wildman–Crippen MR) is 371 cm³/mol. The van der Waals surface area contributed by atoms with Crippen LogP contribution in [0.5, 0.6) is 0 Å². The van der Waals surface area contributed by atoms with Crippen molar-refractivity contribution < 1.29 is 71.4 Å². The monoisotopic (exact) mass is 1390 g/mol. The molecule has 0 aromatic carbocycles. The number of hydrogen-bond donors (Lipinski definition) is 0. The molecule has 0 amide bonds. The van der Waals surface area contributed by atoms with Crippen LogP contribution in [0.3, 0.4) is 0 Å². The van der Waals surface area contributed by atoms with Crippen LogP contribution in [0, 0.1) is 194 Å². The zero-order valence-electron chi connectivity index (χ0n) is 62.5. The van der Waals surface area contributed by atoms with E-state index in [4.69, 9.17) is 42.6 Å². The minimum atomic E-state index is -0.417. The molecule has 30 unspecified atom stereocenters. The molecule has 15 nitrogen and oxygen atoms in total. The molecule has 0 aromatic heterocycles. The number of ether oxygens (including phenoxy) is 9. The lowest BCUT2D eigenvalue weighted by atomic mass is 9.55. The van der Waals surface area contributed by atoms with Crippen molar-refractivity contribution in [3.8, 4) is 0 Å². The van der Waals surface area contributed by atoms with Gasteiger partial charge < -0.3 is 42.6 Å². The zero-order chi connectivity index (χ0) is 69.2. The lowest BCUT2D eigenvalue weighted by Crippen LogP contribution is -2.49. The molecule has 15 heteroatoms. The maximum Gasteiger partial charge on any atom is 0.311 e. The number of carbonyl (C=O) groups excluding carboxylic acids is 6. The average Bonchev–Trinajstić information content (AvgIpc) is 1.55. The quantitative estimate of drug-likeness (QED) is 0.0327. The Morgan fingerprint density at radius 1 is 0.310 bits per heavy atom. The molecular weight excluding hydrogens is 1260 g/mol. The highest BCUT2D eigenvalue weighted by atomic mass is 16.7. The molecule has 0 aromatic rings. The summed E-state index contributed by atoms with van der Waals surface area (Å²) < 4.78 is 53.5. The fourth-order valence-electron chi connectivity index (χ4n) is 29.3. The van der Waals surface area contributed by atoms with Crippen LogP contribution >= 0.6 is 0 Å². The van der Waals surface area contributed by atoms with Crippen LogP contribution in [-0.4, -0.2) is 93.3 Å². The minimum Gasteiger partial charge on any atom is -0.462 e. The van der Waals surface area contributed by atoms with Crippen molar-refractivity contribution in [2.24, 2.45) is 194 Å². The molecule has 100 heavy (non-hydrogen) atoms. The van der Waals surface area contributed by atoms with Gasteiger partial charge in [-0.3, -0.25) is 28.8 Å². The van der Waals surface area contributed by atoms with Gasteiger partial charge in [-0.2, -0.15) is 0 Å². The third-order valence-corrected chi connectivity index (χ3v) is 34.5. The third kappa shape index (κ3) is 12.2. The summed E-state index contributed by atoms with van der Waals surface area (Å²) in [5, 5.41) is 0. The van der Waals surface area contributed by atoms with E-state index in [0.717, 1.165) is 131 Å². The van der Waals surface area contributed by atoms with Gasteiger partial charge >= 0.3 is 35.8 Å². The van der Waals surface area contributed by atoms with Crippen LogP contribution in [0.2, 0.25) is 0 Å². The van der Waals surface area contributed by atoms with Gasteiger partial charge in [0.1, 0.15) is 18.3 Å². The van der Waals surface area contributed by atoms with Gasteiger partial charge in [-0.25, -0.2) is 0 Å². The molecule has 20 saturated carbocycles. The van der Waals surface area contributed by atoms with Crippen molar-refractivity contribution in [1.29, 1.82) is 0 Å². The standard InChI is InChI=1S/C30H44O5.C28H42O5.C27H40O5/c1-4-30(2,3)29(32)35-24-13-18-12-23(24)26-21-10-17(25(18)26)11-22(21)28(31)34-14-33-27-19-6-15-5-16(8-19)9-20(27)7-15;1-4-28(2,3)27(30)33-23-12-18-11-22(23)25-20-9-17(24(18)25)10-21(20)26(29)32-14-31-13-19-8-15-5-6-16(19)7-15;1-4-27(2,3)26(29)32-22-12-17-11-20(22)24-18-9-16(23(17)24)10-19(18)25(28)31-13-30-21-8-14-5-6-15(21)7-14/h15-27H,4-14H2,1-3H3;15-25H,4-14H2,1-3H3;14-24H,4-13H2,1-3H3. The molecule has 20 aliphatic rings. The van der Waals surface area contributed by atoms with Gasteiger partial charge in [-0.15, -0.1) is 0 Å². The highest BCUT2D eigenvalue weighted by molar-refractivity contribution is 5.78. The fourth-order valence-corrected chi connectivity index (χ4v) is 29.3. The number of hydrogen-bond acceptors (Lipinski definition) is 15. The van der Waals surface area contributed by atoms with E-state index in [9.17, 15) is 28.8 Å². The molecule has 0 aliphatic heterocycles. The Hall–Kier alpha value is -3.30. The van der Waals surface area contributed by atoms with E-state index in [2.05, 4.69) is 6.92 Å². The predicted octanol–water partition coefficient (Wildman–Crippen LogP) is 15.8. The Morgan fingerprint density at radius 2 is 0.670 bits per heavy atom. The Balaban J connectivity index is 0.000000112. The van der Waals surface area contributed by atoms with Crippen LogP contribution in [0.15, 0.2) is 0 Å². The van der Waals surface area contributed by atoms with Crippen LogP contribution < -0.4 is 0 Å². The van der Waals surface area contributed by atoms with Crippen molar-refractivity contribution >= 4 is 35.8 Å². The van der Waals surface area contributed by atoms with Crippen LogP contribution in [0.25, 0.3) is 0 Å². The fraction of sp³-hybridized carbons (Fsp3) is 0.929. The summed E-state index contributed by atoms with van der Waals surface area (Å²) >= 11 is 0. The summed E-state index contributed by atoms with van der Waals surface area (Å²) in [5.41, 5.74) is -1.25. The summed E-state index contributed by atoms with van der Waals surface area (Å²) in [6.45, 7) is 19.2. The summed E-state index contributed by atoms with van der Waals surface area (Å²) in [4.78, 5) is 77.4. The number of esters is 6. The van der Waals surface area contributed by atoms with Crippen LogP contribution in [0.4, 0.5) is 0 Å². The van der Waals surface area contributed by atoms with E-state index < -0.39 is 16.2 Å². The average molecular weight is 1390 g/mol. The number of rotatable bonds is 22. The van der Waals surface area contributed by atoms with Crippen molar-refractivity contribution in [3.05, 3.63) is 0 Å². The zero-order valence-corrected chi connectivity index (χ0v) is 62.5. The SMILES string of the molecule is CCC(C)(C)C(=O)OC1CC2CC1C1C3CC(CC3C(=O)OCOC3C4CC5CC(C4)CC3C5)C21.CCC(C)(C)C(=O)OC1CC2CC1C1C3CC(CC3C(=O)OCOC3CC4CCC3C4)C21.CCC(C)(C)C(=O)OC1CC2CC1C1C3CC(CC3C(=O)OCOCC3CC4CCC3C4)C21. The van der Waals surface area contributed by atoms with E-state index in [1.54, 1.807) is 0 Å². The molecule has 20 rings (SSSR count). The van der Waals surface area contributed by atoms with E-state index in [0.29, 0.717) is 125 Å². The highest BCUT2D eigenvalue weighted by Crippen LogP contribution is 2.73. The first kappa shape index (κ1) is 69.7. The van der Waals surface area contributed by atoms with Crippen molar-refractivity contribution in [1.82, 2.24) is 0 Å². The second-order valence-corrected chi connectivity index (χ2v) is 40.2. The summed E-state index contributed by atoms with van der Waals surface area (Å²) in [6.07, 6.45) is 33.6. The molecule has 0 radical (unpaired) electrons. The van der Waals surface area contributed by atoms with Crippen LogP contribution in [0.1, 0.15) is 242 Å². The summed E-state index contributed by atoms with van der Waals surface area (Å²) in [6, 6.07) is 0. The molecule has 20 aliphatic carbocycles. The maximum absolute atomic E-state index is 13.2. The van der Waals surface area contributed by atoms with E-state index in [1.165, 1.54) is 103 Å². The molecule has 0 heterocycles. The van der Waals surface area contributed by atoms with Gasteiger partial charge in [0, 0.05) is 0 Å². The minimum absolute atomic E-state index is 0.0186. The lowest BCUT2D eigenvalue weighted by molar-refractivity contribution is -0.192. The third-order valence-electron chi connectivity index (χ3n) is 34.5. The Morgan fingerprint density at radius 3 is 1.04 bits per heavy atom. The Labute approximate surface area is 597 Å². The van der Waals surface area contributed by atoms with Crippen molar-refractivity contribution in [3.63, 3.8) is 0 Å². The first-order valence-corrected chi connectivity index (χ1v) is 42.0. The Kier molecular flexibility index (Phi) is 18.7. The smallest absolute Gasteiger partial charge is 0.311 e. The molecule has 20 bridgehead atoms. The molecule has 556 valence electrons. The number of carbonyl (C=O) groups is 6. The first-order chi connectivity index (χ1) is 48.0. The summed E-state index contributed by atoms with van der Waals surface area (Å²) in [7, 11) is 0. The first-order valence-electron chi connectivity index (χ1n) is 42.0. The maximum atomic E-state index is 13.2. The second-order valence-electron chi connectivity index (χ2n) is 40.2. The largest absolute Gasteiger partial charge is 0.462 e. The molecule has 20 fully saturated rings. The molecule has 0 saturated heterocycles. The topological polar surface area (TPSA) is 185 Å². The molecule has 0 spiro atoms. The van der Waals surface area contributed by atoms with E-state index in [1.807, 2.05) is 55.4 Å². The normalized spacial score (nSPS) is 48.4. The van der Waals surface area contributed by atoms with E-state index >= 15 is 0 Å². The molecular formula is C85H126O15. The Bertz CT molecular complexity index is 3050. The molecule has 0 N–H and O–H groups in total. The van der Waals surface area contributed by atoms with E-state index in [-0.39, 0.29) is 92.3 Å². The van der Waals surface area contributed by atoms with Gasteiger partial charge in [-0.1, -0.05) is 27.2 Å². The van der Waals surface area contributed by atoms with Crippen molar-refractivity contribution in [2.75, 3.05) is 27.0 Å². The highest BCUT2D eigenvalue weighted by Gasteiger charge is 2.70.